The van der Waals surface area contributed by atoms with E-state index in [0.717, 1.165) is 18.9 Å². The predicted molar refractivity (Wildman–Crippen MR) is 73.0 cm³/mol. The van der Waals surface area contributed by atoms with E-state index >= 15 is 0 Å². The van der Waals surface area contributed by atoms with Crippen LogP contribution in [0.3, 0.4) is 0 Å². The van der Waals surface area contributed by atoms with Crippen LogP contribution in [0.25, 0.3) is 0 Å². The molecule has 1 aromatic heterocycles. The summed E-state index contributed by atoms with van der Waals surface area (Å²) >= 11 is 0. The largest absolute Gasteiger partial charge is 0.310 e. The van der Waals surface area contributed by atoms with Gasteiger partial charge in [0.1, 0.15) is 0 Å². The number of aromatic nitrogens is 2. The molecule has 0 fully saturated rings. The van der Waals surface area contributed by atoms with Crippen LogP contribution in [0.15, 0.2) is 6.20 Å². The van der Waals surface area contributed by atoms with Crippen molar-refractivity contribution in [2.45, 2.75) is 59.5 Å². The second-order valence-corrected chi connectivity index (χ2v) is 5.38. The van der Waals surface area contributed by atoms with Gasteiger partial charge in [0.25, 0.3) is 0 Å². The fourth-order valence-electron chi connectivity index (χ4n) is 2.00. The summed E-state index contributed by atoms with van der Waals surface area (Å²) in [6.07, 6.45) is 5.68. The Kier molecular flexibility index (Phi) is 5.69. The smallest absolute Gasteiger partial charge is 0.0666 e. The molecule has 0 spiro atoms. The van der Waals surface area contributed by atoms with Gasteiger partial charge in [0.05, 0.1) is 5.69 Å². The molecule has 0 saturated carbocycles. The van der Waals surface area contributed by atoms with Crippen LogP contribution >= 0.6 is 0 Å². The molecular weight excluding hydrogens is 210 g/mol. The number of hydrogen-bond acceptors (Lipinski definition) is 2. The number of nitrogens with zero attached hydrogens (tertiary/aromatic N) is 2. The second-order valence-electron chi connectivity index (χ2n) is 5.38. The van der Waals surface area contributed by atoms with Crippen molar-refractivity contribution in [3.63, 3.8) is 0 Å². The molecule has 17 heavy (non-hydrogen) atoms. The van der Waals surface area contributed by atoms with Crippen molar-refractivity contribution in [1.29, 1.82) is 0 Å². The topological polar surface area (TPSA) is 29.9 Å². The Bertz CT molecular complexity index is 328. The van der Waals surface area contributed by atoms with Crippen molar-refractivity contribution in [1.82, 2.24) is 15.1 Å². The molecule has 1 heterocycles. The molecule has 0 radical (unpaired) electrons. The predicted octanol–water partition coefficient (Wildman–Crippen LogP) is 2.90. The molecule has 0 aliphatic rings. The van der Waals surface area contributed by atoms with Crippen molar-refractivity contribution in [3.05, 3.63) is 17.5 Å². The second kappa shape index (κ2) is 6.80. The summed E-state index contributed by atoms with van der Waals surface area (Å²) < 4.78 is 1.91. The van der Waals surface area contributed by atoms with Crippen molar-refractivity contribution in [3.8, 4) is 0 Å². The van der Waals surface area contributed by atoms with E-state index in [1.165, 1.54) is 24.1 Å². The molecule has 1 unspecified atom stereocenters. The molecule has 1 aromatic rings. The maximum absolute atomic E-state index is 4.46. The molecule has 3 heteroatoms. The molecule has 0 saturated heterocycles. The van der Waals surface area contributed by atoms with Gasteiger partial charge in [-0.15, -0.1) is 0 Å². The third-order valence-electron chi connectivity index (χ3n) is 3.14. The highest BCUT2D eigenvalue weighted by Gasteiger charge is 2.08. The standard InChI is InChI=1S/C14H27N3/c1-6-14-13(10-17(5)16-14)9-15-12(4)8-7-11(2)3/h10-12,15H,6-9H2,1-5H3. The van der Waals surface area contributed by atoms with Crippen LogP contribution in [-0.4, -0.2) is 15.8 Å². The van der Waals surface area contributed by atoms with Crippen LogP contribution in [0.5, 0.6) is 0 Å². The molecular formula is C14H27N3. The summed E-state index contributed by atoms with van der Waals surface area (Å²) in [6, 6.07) is 0.585. The summed E-state index contributed by atoms with van der Waals surface area (Å²) in [5.41, 5.74) is 2.56. The fourth-order valence-corrected chi connectivity index (χ4v) is 2.00. The van der Waals surface area contributed by atoms with E-state index in [2.05, 4.69) is 44.3 Å². The molecule has 98 valence electrons. The molecule has 0 amide bonds. The number of hydrogen-bond donors (Lipinski definition) is 1. The first kappa shape index (κ1) is 14.2. The van der Waals surface area contributed by atoms with E-state index in [0.29, 0.717) is 6.04 Å². The summed E-state index contributed by atoms with van der Waals surface area (Å²) in [4.78, 5) is 0. The Morgan fingerprint density at radius 1 is 1.29 bits per heavy atom. The van der Waals surface area contributed by atoms with Crippen molar-refractivity contribution in [2.75, 3.05) is 0 Å². The zero-order valence-corrected chi connectivity index (χ0v) is 12.0. The van der Waals surface area contributed by atoms with E-state index in [4.69, 9.17) is 0 Å². The van der Waals surface area contributed by atoms with Crippen molar-refractivity contribution >= 4 is 0 Å². The molecule has 0 aliphatic heterocycles. The molecule has 0 aromatic carbocycles. The third-order valence-corrected chi connectivity index (χ3v) is 3.14. The van der Waals surface area contributed by atoms with Gasteiger partial charge >= 0.3 is 0 Å². The molecule has 1 N–H and O–H groups in total. The van der Waals surface area contributed by atoms with Gasteiger partial charge < -0.3 is 5.32 Å². The Hall–Kier alpha value is -0.830. The van der Waals surface area contributed by atoms with Crippen molar-refractivity contribution in [2.24, 2.45) is 13.0 Å². The lowest BCUT2D eigenvalue weighted by molar-refractivity contribution is 0.450. The maximum atomic E-state index is 4.46. The SMILES string of the molecule is CCc1nn(C)cc1CNC(C)CCC(C)C. The number of rotatable bonds is 7. The number of aryl methyl sites for hydroxylation is 2. The number of nitrogens with one attached hydrogen (secondary N) is 1. The lowest BCUT2D eigenvalue weighted by Crippen LogP contribution is -2.26. The summed E-state index contributed by atoms with van der Waals surface area (Å²) in [7, 11) is 1.99. The monoisotopic (exact) mass is 237 g/mol. The first-order valence-electron chi connectivity index (χ1n) is 6.77. The molecule has 3 nitrogen and oxygen atoms in total. The van der Waals surface area contributed by atoms with Crippen molar-refractivity contribution < 1.29 is 0 Å². The highest BCUT2D eigenvalue weighted by molar-refractivity contribution is 5.16. The average Bonchev–Trinajstić information content (AvgIpc) is 2.64. The van der Waals surface area contributed by atoms with Gasteiger partial charge in [0, 0.05) is 31.4 Å². The zero-order valence-electron chi connectivity index (χ0n) is 12.0. The fraction of sp³-hybridized carbons (Fsp3) is 0.786. The van der Waals surface area contributed by atoms with E-state index in [-0.39, 0.29) is 0 Å². The molecule has 0 bridgehead atoms. The van der Waals surface area contributed by atoms with E-state index in [1.54, 1.807) is 0 Å². The van der Waals surface area contributed by atoms with Crippen LogP contribution in [0.1, 0.15) is 51.8 Å². The minimum Gasteiger partial charge on any atom is -0.310 e. The zero-order chi connectivity index (χ0) is 12.8. The van der Waals surface area contributed by atoms with E-state index in [9.17, 15) is 0 Å². The Labute approximate surface area is 106 Å². The van der Waals surface area contributed by atoms with Gasteiger partial charge in [-0.2, -0.15) is 5.10 Å². The Morgan fingerprint density at radius 3 is 2.59 bits per heavy atom. The van der Waals surface area contributed by atoms with E-state index in [1.807, 2.05) is 11.7 Å². The van der Waals surface area contributed by atoms with Crippen LogP contribution < -0.4 is 5.32 Å². The van der Waals surface area contributed by atoms with Gasteiger partial charge in [0.2, 0.25) is 0 Å². The highest BCUT2D eigenvalue weighted by Crippen LogP contribution is 2.09. The minimum atomic E-state index is 0.585. The maximum Gasteiger partial charge on any atom is 0.0666 e. The summed E-state index contributed by atoms with van der Waals surface area (Å²) in [5, 5.41) is 8.05. The third kappa shape index (κ3) is 4.90. The quantitative estimate of drug-likeness (QED) is 0.790. The Balaban J connectivity index is 2.38. The normalized spacial score (nSPS) is 13.3. The van der Waals surface area contributed by atoms with Crippen LogP contribution in [0.4, 0.5) is 0 Å². The van der Waals surface area contributed by atoms with Crippen LogP contribution in [0, 0.1) is 5.92 Å². The summed E-state index contributed by atoms with van der Waals surface area (Å²) in [6.45, 7) is 9.93. The van der Waals surface area contributed by atoms with E-state index < -0.39 is 0 Å². The lowest BCUT2D eigenvalue weighted by atomic mass is 10.0. The van der Waals surface area contributed by atoms with Gasteiger partial charge in [-0.1, -0.05) is 20.8 Å². The van der Waals surface area contributed by atoms with Crippen LogP contribution in [0.2, 0.25) is 0 Å². The first-order chi connectivity index (χ1) is 8.02. The molecule has 1 atom stereocenters. The van der Waals surface area contributed by atoms with Crippen LogP contribution in [-0.2, 0) is 20.0 Å². The van der Waals surface area contributed by atoms with Gasteiger partial charge in [0.15, 0.2) is 0 Å². The van der Waals surface area contributed by atoms with Gasteiger partial charge in [-0.3, -0.25) is 4.68 Å². The Morgan fingerprint density at radius 2 is 2.00 bits per heavy atom. The lowest BCUT2D eigenvalue weighted by Gasteiger charge is -2.14. The highest BCUT2D eigenvalue weighted by atomic mass is 15.3. The molecule has 0 aliphatic carbocycles. The first-order valence-corrected chi connectivity index (χ1v) is 6.77. The van der Waals surface area contributed by atoms with Gasteiger partial charge in [-0.05, 0) is 32.1 Å². The molecule has 1 rings (SSSR count). The average molecular weight is 237 g/mol. The minimum absolute atomic E-state index is 0.585. The van der Waals surface area contributed by atoms with Gasteiger partial charge in [-0.25, -0.2) is 0 Å². The summed E-state index contributed by atoms with van der Waals surface area (Å²) in [5.74, 6) is 0.795.